The number of hydrogen-bond donors (Lipinski definition) is 0. The van der Waals surface area contributed by atoms with Gasteiger partial charge in [0, 0.05) is 15.6 Å². The summed E-state index contributed by atoms with van der Waals surface area (Å²) in [5.41, 5.74) is 1.19. The second-order valence-corrected chi connectivity index (χ2v) is 5.06. The minimum atomic E-state index is -0.468. The van der Waals surface area contributed by atoms with Gasteiger partial charge in [-0.05, 0) is 25.1 Å². The number of rotatable bonds is 4. The van der Waals surface area contributed by atoms with Gasteiger partial charge in [-0.15, -0.1) is 0 Å². The lowest BCUT2D eigenvalue weighted by molar-refractivity contribution is -0.386. The summed E-state index contributed by atoms with van der Waals surface area (Å²) in [4.78, 5) is 10.6. The minimum absolute atomic E-state index is 0.0502. The highest BCUT2D eigenvalue weighted by atomic mass is 79.9. The van der Waals surface area contributed by atoms with E-state index in [-0.39, 0.29) is 23.9 Å². The summed E-state index contributed by atoms with van der Waals surface area (Å²) >= 11 is 3.23. The topological polar surface area (TPSA) is 52.4 Å². The fraction of sp³-hybridized carbons (Fsp3) is 0.143. The van der Waals surface area contributed by atoms with E-state index >= 15 is 0 Å². The second kappa shape index (κ2) is 6.00. The largest absolute Gasteiger partial charge is 0.482 e. The van der Waals surface area contributed by atoms with Crippen LogP contribution in [-0.2, 0) is 6.61 Å². The molecule has 6 heteroatoms. The van der Waals surface area contributed by atoms with Crippen LogP contribution < -0.4 is 4.74 Å². The fourth-order valence-electron chi connectivity index (χ4n) is 1.78. The molecule has 0 aromatic heterocycles. The van der Waals surface area contributed by atoms with Crippen LogP contribution in [0, 0.1) is 22.9 Å². The Morgan fingerprint density at radius 3 is 2.75 bits per heavy atom. The number of para-hydroxylation sites is 1. The first-order valence-electron chi connectivity index (χ1n) is 5.80. The van der Waals surface area contributed by atoms with E-state index in [9.17, 15) is 14.5 Å². The van der Waals surface area contributed by atoms with E-state index in [2.05, 4.69) is 15.9 Å². The van der Waals surface area contributed by atoms with E-state index in [0.29, 0.717) is 15.6 Å². The summed E-state index contributed by atoms with van der Waals surface area (Å²) in [6.45, 7) is 1.77. The van der Waals surface area contributed by atoms with Gasteiger partial charge in [0.1, 0.15) is 12.4 Å². The first-order chi connectivity index (χ1) is 9.49. The molecule has 0 atom stereocenters. The maximum absolute atomic E-state index is 13.0. The lowest BCUT2D eigenvalue weighted by atomic mass is 10.2. The van der Waals surface area contributed by atoms with Gasteiger partial charge in [-0.2, -0.15) is 0 Å². The Hall–Kier alpha value is -1.95. The number of ether oxygens (including phenoxy) is 1. The number of halogens is 2. The predicted octanol–water partition coefficient (Wildman–Crippen LogP) is 4.38. The predicted molar refractivity (Wildman–Crippen MR) is 76.3 cm³/mol. The van der Waals surface area contributed by atoms with Gasteiger partial charge in [0.05, 0.1) is 4.92 Å². The Labute approximate surface area is 123 Å². The van der Waals surface area contributed by atoms with Gasteiger partial charge >= 0.3 is 5.69 Å². The number of nitrogens with zero attached hydrogens (tertiary/aromatic N) is 1. The Balaban J connectivity index is 2.23. The summed E-state index contributed by atoms with van der Waals surface area (Å²) < 4.78 is 19.0. The maximum Gasteiger partial charge on any atom is 0.313 e. The molecule has 0 saturated carbocycles. The number of benzene rings is 2. The SMILES string of the molecule is Cc1cccc(OCc2ccc(F)cc2Br)c1[N+](=O)[O-]. The number of nitro groups is 1. The van der Waals surface area contributed by atoms with Crippen LogP contribution in [0.5, 0.6) is 5.75 Å². The highest BCUT2D eigenvalue weighted by Gasteiger charge is 2.18. The summed E-state index contributed by atoms with van der Waals surface area (Å²) in [7, 11) is 0. The van der Waals surface area contributed by atoms with Crippen molar-refractivity contribution in [3.8, 4) is 5.75 Å². The average molecular weight is 340 g/mol. The van der Waals surface area contributed by atoms with E-state index in [1.54, 1.807) is 31.2 Å². The van der Waals surface area contributed by atoms with Gasteiger partial charge in [0.2, 0.25) is 0 Å². The molecule has 2 aromatic carbocycles. The van der Waals surface area contributed by atoms with Crippen LogP contribution in [0.25, 0.3) is 0 Å². The Morgan fingerprint density at radius 1 is 1.35 bits per heavy atom. The Morgan fingerprint density at radius 2 is 2.10 bits per heavy atom. The molecule has 4 nitrogen and oxygen atoms in total. The first-order valence-corrected chi connectivity index (χ1v) is 6.59. The molecule has 0 amide bonds. The smallest absolute Gasteiger partial charge is 0.313 e. The molecular weight excluding hydrogens is 329 g/mol. The van der Waals surface area contributed by atoms with Crippen molar-refractivity contribution in [1.82, 2.24) is 0 Å². The molecule has 0 aliphatic rings. The van der Waals surface area contributed by atoms with Crippen LogP contribution in [-0.4, -0.2) is 4.92 Å². The van der Waals surface area contributed by atoms with Gasteiger partial charge in [0.15, 0.2) is 5.75 Å². The summed E-state index contributed by atoms with van der Waals surface area (Å²) in [5, 5.41) is 11.0. The van der Waals surface area contributed by atoms with Crippen molar-refractivity contribution in [1.29, 1.82) is 0 Å². The highest BCUT2D eigenvalue weighted by molar-refractivity contribution is 9.10. The zero-order valence-electron chi connectivity index (χ0n) is 10.6. The summed E-state index contributed by atoms with van der Waals surface area (Å²) in [6.07, 6.45) is 0. The average Bonchev–Trinajstić information content (AvgIpc) is 2.37. The molecule has 0 bridgehead atoms. The van der Waals surface area contributed by atoms with Crippen molar-refractivity contribution < 1.29 is 14.1 Å². The third-order valence-corrected chi connectivity index (χ3v) is 3.52. The third-order valence-electron chi connectivity index (χ3n) is 2.78. The third kappa shape index (κ3) is 3.14. The molecule has 0 N–H and O–H groups in total. The van der Waals surface area contributed by atoms with Crippen LogP contribution in [0.2, 0.25) is 0 Å². The molecule has 0 fully saturated rings. The minimum Gasteiger partial charge on any atom is -0.482 e. The Bertz CT molecular complexity index is 661. The van der Waals surface area contributed by atoms with Crippen molar-refractivity contribution in [2.75, 3.05) is 0 Å². The van der Waals surface area contributed by atoms with Crippen molar-refractivity contribution >= 4 is 21.6 Å². The molecule has 0 heterocycles. The molecule has 2 aromatic rings. The molecule has 20 heavy (non-hydrogen) atoms. The first kappa shape index (κ1) is 14.5. The highest BCUT2D eigenvalue weighted by Crippen LogP contribution is 2.31. The zero-order chi connectivity index (χ0) is 14.7. The van der Waals surface area contributed by atoms with E-state index < -0.39 is 4.92 Å². The quantitative estimate of drug-likeness (QED) is 0.613. The van der Waals surface area contributed by atoms with Crippen LogP contribution in [0.15, 0.2) is 40.9 Å². The molecule has 104 valence electrons. The standard InChI is InChI=1S/C14H11BrFNO3/c1-9-3-2-4-13(14(9)17(18)19)20-8-10-5-6-11(16)7-12(10)15/h2-7H,8H2,1H3. The van der Waals surface area contributed by atoms with Crippen LogP contribution in [0.3, 0.4) is 0 Å². The van der Waals surface area contributed by atoms with E-state index in [0.717, 1.165) is 0 Å². The molecular formula is C14H11BrFNO3. The number of aryl methyl sites for hydroxylation is 1. The monoisotopic (exact) mass is 339 g/mol. The second-order valence-electron chi connectivity index (χ2n) is 4.20. The van der Waals surface area contributed by atoms with Crippen molar-refractivity contribution in [2.24, 2.45) is 0 Å². The molecule has 0 spiro atoms. The summed E-state index contributed by atoms with van der Waals surface area (Å²) in [5.74, 6) is -0.159. The van der Waals surface area contributed by atoms with Gasteiger partial charge < -0.3 is 4.74 Å². The zero-order valence-corrected chi connectivity index (χ0v) is 12.2. The van der Waals surface area contributed by atoms with Gasteiger partial charge in [-0.3, -0.25) is 10.1 Å². The number of hydrogen-bond acceptors (Lipinski definition) is 3. The van der Waals surface area contributed by atoms with Gasteiger partial charge in [0.25, 0.3) is 0 Å². The van der Waals surface area contributed by atoms with Gasteiger partial charge in [-0.25, -0.2) is 4.39 Å². The van der Waals surface area contributed by atoms with Crippen molar-refractivity contribution in [3.05, 3.63) is 67.9 Å². The lowest BCUT2D eigenvalue weighted by Gasteiger charge is -2.09. The summed E-state index contributed by atoms with van der Waals surface area (Å²) in [6, 6.07) is 9.09. The molecule has 0 aliphatic carbocycles. The van der Waals surface area contributed by atoms with Crippen molar-refractivity contribution in [3.63, 3.8) is 0 Å². The molecule has 0 saturated heterocycles. The van der Waals surface area contributed by atoms with E-state index in [4.69, 9.17) is 4.74 Å². The fourth-order valence-corrected chi connectivity index (χ4v) is 2.24. The molecule has 0 aliphatic heterocycles. The van der Waals surface area contributed by atoms with Crippen LogP contribution in [0.4, 0.5) is 10.1 Å². The van der Waals surface area contributed by atoms with Crippen molar-refractivity contribution in [2.45, 2.75) is 13.5 Å². The normalized spacial score (nSPS) is 10.3. The Kier molecular flexibility index (Phi) is 4.34. The van der Waals surface area contributed by atoms with E-state index in [1.165, 1.54) is 12.1 Å². The van der Waals surface area contributed by atoms with E-state index in [1.807, 2.05) is 0 Å². The van der Waals surface area contributed by atoms with Crippen LogP contribution in [0.1, 0.15) is 11.1 Å². The maximum atomic E-state index is 13.0. The number of nitro benzene ring substituents is 1. The molecule has 0 unspecified atom stereocenters. The lowest BCUT2D eigenvalue weighted by Crippen LogP contribution is -2.01. The molecule has 0 radical (unpaired) electrons. The van der Waals surface area contributed by atoms with Crippen LogP contribution >= 0.6 is 15.9 Å². The van der Waals surface area contributed by atoms with Gasteiger partial charge in [-0.1, -0.05) is 34.1 Å². The molecule has 2 rings (SSSR count).